The third kappa shape index (κ3) is 2.80. The second kappa shape index (κ2) is 5.59. The standard InChI is InChI=1S/C15H13ClFNO2/c1-8(2)14-10(15(19)20)4-6-13(18-14)9-3-5-12(17)11(16)7-9/h3-8H,1-2H3,(H,19,20). The largest absolute Gasteiger partial charge is 0.478 e. The molecule has 5 heteroatoms. The van der Waals surface area contributed by atoms with Crippen molar-refractivity contribution >= 4 is 17.6 Å². The van der Waals surface area contributed by atoms with E-state index in [-0.39, 0.29) is 16.5 Å². The maximum absolute atomic E-state index is 13.2. The molecule has 0 saturated heterocycles. The summed E-state index contributed by atoms with van der Waals surface area (Å²) in [4.78, 5) is 15.5. The van der Waals surface area contributed by atoms with Crippen LogP contribution in [0.1, 0.15) is 35.8 Å². The molecule has 20 heavy (non-hydrogen) atoms. The number of aromatic carboxylic acids is 1. The van der Waals surface area contributed by atoms with E-state index < -0.39 is 11.8 Å². The second-order valence-corrected chi connectivity index (χ2v) is 5.13. The fourth-order valence-corrected chi connectivity index (χ4v) is 2.09. The van der Waals surface area contributed by atoms with Gasteiger partial charge in [-0.05, 0) is 36.2 Å². The van der Waals surface area contributed by atoms with E-state index in [1.54, 1.807) is 12.1 Å². The maximum atomic E-state index is 13.2. The van der Waals surface area contributed by atoms with Gasteiger partial charge in [-0.1, -0.05) is 25.4 Å². The van der Waals surface area contributed by atoms with Gasteiger partial charge in [0, 0.05) is 5.56 Å². The van der Waals surface area contributed by atoms with Crippen LogP contribution in [0.3, 0.4) is 0 Å². The fourth-order valence-electron chi connectivity index (χ4n) is 1.91. The normalized spacial score (nSPS) is 10.8. The highest BCUT2D eigenvalue weighted by molar-refractivity contribution is 6.31. The molecule has 0 aliphatic rings. The Morgan fingerprint density at radius 3 is 2.55 bits per heavy atom. The lowest BCUT2D eigenvalue weighted by Gasteiger charge is -2.11. The van der Waals surface area contributed by atoms with E-state index in [2.05, 4.69) is 4.98 Å². The van der Waals surface area contributed by atoms with Crippen LogP contribution in [0.25, 0.3) is 11.3 Å². The van der Waals surface area contributed by atoms with Crippen molar-refractivity contribution in [2.24, 2.45) is 0 Å². The van der Waals surface area contributed by atoms with E-state index in [0.717, 1.165) is 0 Å². The summed E-state index contributed by atoms with van der Waals surface area (Å²) < 4.78 is 13.2. The summed E-state index contributed by atoms with van der Waals surface area (Å²) in [6, 6.07) is 7.41. The molecule has 3 nitrogen and oxygen atoms in total. The zero-order valence-corrected chi connectivity index (χ0v) is 11.8. The molecule has 2 aromatic rings. The molecule has 1 heterocycles. The van der Waals surface area contributed by atoms with E-state index in [1.807, 2.05) is 13.8 Å². The van der Waals surface area contributed by atoms with Gasteiger partial charge in [0.25, 0.3) is 0 Å². The van der Waals surface area contributed by atoms with Gasteiger partial charge < -0.3 is 5.11 Å². The summed E-state index contributed by atoms with van der Waals surface area (Å²) in [5.74, 6) is -1.54. The number of hydrogen-bond donors (Lipinski definition) is 1. The Kier molecular flexibility index (Phi) is 4.04. The predicted molar refractivity (Wildman–Crippen MR) is 75.7 cm³/mol. The fraction of sp³-hybridized carbons (Fsp3) is 0.200. The Balaban J connectivity index is 2.55. The van der Waals surface area contributed by atoms with E-state index >= 15 is 0 Å². The highest BCUT2D eigenvalue weighted by Gasteiger charge is 2.16. The number of nitrogens with zero attached hydrogens (tertiary/aromatic N) is 1. The zero-order valence-electron chi connectivity index (χ0n) is 11.0. The lowest BCUT2D eigenvalue weighted by Crippen LogP contribution is -2.07. The van der Waals surface area contributed by atoms with E-state index in [9.17, 15) is 9.18 Å². The summed E-state index contributed by atoms with van der Waals surface area (Å²) in [6.45, 7) is 3.74. The van der Waals surface area contributed by atoms with Gasteiger partial charge in [0.05, 0.1) is 22.0 Å². The quantitative estimate of drug-likeness (QED) is 0.914. The SMILES string of the molecule is CC(C)c1nc(-c2ccc(F)c(Cl)c2)ccc1C(=O)O. The van der Waals surface area contributed by atoms with Gasteiger partial charge in [0.2, 0.25) is 0 Å². The molecule has 104 valence electrons. The molecule has 0 fully saturated rings. The molecule has 0 amide bonds. The first-order valence-corrected chi connectivity index (χ1v) is 6.47. The lowest BCUT2D eigenvalue weighted by atomic mass is 10.0. The van der Waals surface area contributed by atoms with Crippen molar-refractivity contribution in [3.8, 4) is 11.3 Å². The number of hydrogen-bond acceptors (Lipinski definition) is 2. The molecule has 1 aromatic carbocycles. The van der Waals surface area contributed by atoms with Crippen LogP contribution >= 0.6 is 11.6 Å². The lowest BCUT2D eigenvalue weighted by molar-refractivity contribution is 0.0694. The van der Waals surface area contributed by atoms with Crippen LogP contribution in [0.15, 0.2) is 30.3 Å². The van der Waals surface area contributed by atoms with E-state index in [1.165, 1.54) is 18.2 Å². The minimum absolute atomic E-state index is 0.0118. The highest BCUT2D eigenvalue weighted by Crippen LogP contribution is 2.26. The molecule has 0 saturated carbocycles. The molecule has 0 unspecified atom stereocenters. The maximum Gasteiger partial charge on any atom is 0.337 e. The van der Waals surface area contributed by atoms with Gasteiger partial charge in [-0.2, -0.15) is 0 Å². The van der Waals surface area contributed by atoms with Crippen LogP contribution in [0.4, 0.5) is 4.39 Å². The van der Waals surface area contributed by atoms with Gasteiger partial charge in [-0.3, -0.25) is 4.98 Å². The van der Waals surface area contributed by atoms with Crippen LogP contribution in [-0.2, 0) is 0 Å². The second-order valence-electron chi connectivity index (χ2n) is 4.72. The number of carbonyl (C=O) groups is 1. The van der Waals surface area contributed by atoms with E-state index in [4.69, 9.17) is 16.7 Å². The third-order valence-corrected chi connectivity index (χ3v) is 3.21. The molecule has 0 bridgehead atoms. The first-order valence-electron chi connectivity index (χ1n) is 6.10. The molecular weight excluding hydrogens is 281 g/mol. The van der Waals surface area contributed by atoms with Gasteiger partial charge in [-0.25, -0.2) is 9.18 Å². The number of rotatable bonds is 3. The number of pyridine rings is 1. The molecule has 0 aliphatic heterocycles. The Morgan fingerprint density at radius 2 is 2.00 bits per heavy atom. The van der Waals surface area contributed by atoms with Crippen LogP contribution in [0.2, 0.25) is 5.02 Å². The molecule has 1 aromatic heterocycles. The van der Waals surface area contributed by atoms with Crippen LogP contribution < -0.4 is 0 Å². The third-order valence-electron chi connectivity index (χ3n) is 2.92. The molecule has 0 aliphatic carbocycles. The van der Waals surface area contributed by atoms with Gasteiger partial charge >= 0.3 is 5.97 Å². The Labute approximate surface area is 121 Å². The van der Waals surface area contributed by atoms with Crippen molar-refractivity contribution in [2.75, 3.05) is 0 Å². The molecule has 2 rings (SSSR count). The van der Waals surface area contributed by atoms with Gasteiger partial charge in [-0.15, -0.1) is 0 Å². The van der Waals surface area contributed by atoms with Crippen molar-refractivity contribution in [3.05, 3.63) is 52.4 Å². The van der Waals surface area contributed by atoms with E-state index in [0.29, 0.717) is 17.0 Å². The number of benzene rings is 1. The Bertz CT molecular complexity index is 671. The summed E-state index contributed by atoms with van der Waals surface area (Å²) in [7, 11) is 0. The minimum atomic E-state index is -1.01. The topological polar surface area (TPSA) is 50.2 Å². The molecule has 0 atom stereocenters. The van der Waals surface area contributed by atoms with Crippen molar-refractivity contribution in [3.63, 3.8) is 0 Å². The minimum Gasteiger partial charge on any atom is -0.478 e. The first kappa shape index (κ1) is 14.5. The molecule has 0 radical (unpaired) electrons. The average molecular weight is 294 g/mol. The van der Waals surface area contributed by atoms with Crippen LogP contribution in [0, 0.1) is 5.82 Å². The molecule has 0 spiro atoms. The number of aromatic nitrogens is 1. The number of carboxylic acid groups (broad SMARTS) is 1. The van der Waals surface area contributed by atoms with Crippen molar-refractivity contribution in [1.29, 1.82) is 0 Å². The smallest absolute Gasteiger partial charge is 0.337 e. The highest BCUT2D eigenvalue weighted by atomic mass is 35.5. The number of carboxylic acids is 1. The number of halogens is 2. The molecule has 1 N–H and O–H groups in total. The van der Waals surface area contributed by atoms with Gasteiger partial charge in [0.1, 0.15) is 5.82 Å². The first-order chi connectivity index (χ1) is 9.40. The van der Waals surface area contributed by atoms with Crippen molar-refractivity contribution < 1.29 is 14.3 Å². The van der Waals surface area contributed by atoms with Crippen molar-refractivity contribution in [1.82, 2.24) is 4.98 Å². The van der Waals surface area contributed by atoms with Crippen LogP contribution in [-0.4, -0.2) is 16.1 Å². The summed E-state index contributed by atoms with van der Waals surface area (Å²) >= 11 is 5.75. The zero-order chi connectivity index (χ0) is 14.9. The summed E-state index contributed by atoms with van der Waals surface area (Å²) in [5.41, 5.74) is 1.89. The average Bonchev–Trinajstić information content (AvgIpc) is 2.41. The van der Waals surface area contributed by atoms with Crippen molar-refractivity contribution in [2.45, 2.75) is 19.8 Å². The predicted octanol–water partition coefficient (Wildman–Crippen LogP) is 4.36. The molecular formula is C15H13ClFNO2. The Morgan fingerprint density at radius 1 is 1.30 bits per heavy atom. The Hall–Kier alpha value is -1.94. The van der Waals surface area contributed by atoms with Crippen LogP contribution in [0.5, 0.6) is 0 Å². The monoisotopic (exact) mass is 293 g/mol. The summed E-state index contributed by atoms with van der Waals surface area (Å²) in [5, 5.41) is 9.16. The van der Waals surface area contributed by atoms with Gasteiger partial charge in [0.15, 0.2) is 0 Å². The summed E-state index contributed by atoms with van der Waals surface area (Å²) in [6.07, 6.45) is 0.